The van der Waals surface area contributed by atoms with Crippen LogP contribution in [0.4, 0.5) is 0 Å². The number of allylic oxidation sites excluding steroid dienone is 28. The molecule has 81 heavy (non-hydrogen) atoms. The van der Waals surface area contributed by atoms with Gasteiger partial charge in [0, 0.05) is 19.3 Å². The van der Waals surface area contributed by atoms with Gasteiger partial charge < -0.3 is 14.2 Å². The number of hydrogen-bond acceptors (Lipinski definition) is 6. The van der Waals surface area contributed by atoms with Crippen LogP contribution < -0.4 is 0 Å². The zero-order valence-electron chi connectivity index (χ0n) is 52.0. The smallest absolute Gasteiger partial charge is 0.306 e. The highest BCUT2D eigenvalue weighted by atomic mass is 16.6. The Balaban J connectivity index is 4.44. The SMILES string of the molecule is CC/C=C\C/C=C\C/C=C\C/C=C\C/C=C\C/C=C\C/C=C\CCCCCCCCCC(=O)OCC(COC(=O)CC/C=C\C/C=C\C/C=C\C/C=C\CC)OC(=O)CCCCCCCC/C=C\C/C=C\C/C=C\CCCCCCC. The van der Waals surface area contributed by atoms with Gasteiger partial charge in [0.1, 0.15) is 13.2 Å². The normalized spacial score (nSPS) is 13.3. The third kappa shape index (κ3) is 65.5. The Hall–Kier alpha value is -5.23. The van der Waals surface area contributed by atoms with Crippen molar-refractivity contribution in [1.82, 2.24) is 0 Å². The van der Waals surface area contributed by atoms with E-state index in [2.05, 4.69) is 179 Å². The van der Waals surface area contributed by atoms with Crippen molar-refractivity contribution >= 4 is 17.9 Å². The van der Waals surface area contributed by atoms with Gasteiger partial charge in [-0.15, -0.1) is 0 Å². The molecule has 0 fully saturated rings. The van der Waals surface area contributed by atoms with E-state index in [-0.39, 0.29) is 44.0 Å². The molecule has 0 spiro atoms. The van der Waals surface area contributed by atoms with Crippen molar-refractivity contribution in [2.24, 2.45) is 0 Å². The Morgan fingerprint density at radius 3 is 0.827 bits per heavy atom. The summed E-state index contributed by atoms with van der Waals surface area (Å²) in [5.74, 6) is -1.03. The lowest BCUT2D eigenvalue weighted by Crippen LogP contribution is -2.30. The summed E-state index contributed by atoms with van der Waals surface area (Å²) in [5, 5.41) is 0. The predicted molar refractivity (Wildman–Crippen MR) is 352 cm³/mol. The first-order valence-electron chi connectivity index (χ1n) is 32.6. The lowest BCUT2D eigenvalue weighted by Gasteiger charge is -2.18. The van der Waals surface area contributed by atoms with Crippen LogP contribution in [-0.2, 0) is 28.6 Å². The minimum atomic E-state index is -0.829. The lowest BCUT2D eigenvalue weighted by atomic mass is 10.1. The van der Waals surface area contributed by atoms with Crippen molar-refractivity contribution in [3.8, 4) is 0 Å². The average molecular weight is 1120 g/mol. The van der Waals surface area contributed by atoms with Crippen molar-refractivity contribution in [2.45, 2.75) is 271 Å². The summed E-state index contributed by atoms with van der Waals surface area (Å²) >= 11 is 0. The van der Waals surface area contributed by atoms with Crippen LogP contribution in [-0.4, -0.2) is 37.2 Å². The zero-order valence-corrected chi connectivity index (χ0v) is 52.0. The summed E-state index contributed by atoms with van der Waals surface area (Å²) in [5.41, 5.74) is 0. The van der Waals surface area contributed by atoms with Crippen LogP contribution in [0.1, 0.15) is 265 Å². The Morgan fingerprint density at radius 1 is 0.259 bits per heavy atom. The van der Waals surface area contributed by atoms with E-state index in [0.29, 0.717) is 12.8 Å². The standard InChI is InChI=1S/C75H118O6/c1-4-7-10-13-16-19-22-25-27-29-31-33-34-35-36-37-38-39-40-42-43-45-47-50-53-56-59-62-65-68-74(77)80-71-72(70-79-73(76)67-64-61-58-55-52-49-24-21-18-15-12-9-6-3)81-75(78)69-66-63-60-57-54-51-48-46-44-41-32-30-28-26-23-20-17-14-11-8-5-2/h7,9-10,12,16,18-19,21,23,25-27,30-33,35-36,38-39,42-44,46,49,52,58,61,72H,4-6,8,11,13-15,17,20,22,24,28-29,34,37,40-41,45,47-48,50-51,53-57,59-60,62-71H2,1-3H3/b10-7-,12-9-,19-16-,21-18-,26-23-,27-25-,32-30-,33-31-,36-35-,39-38-,43-42-,46-44-,52-49-,61-58-. The van der Waals surface area contributed by atoms with Gasteiger partial charge in [-0.3, -0.25) is 14.4 Å². The van der Waals surface area contributed by atoms with E-state index in [0.717, 1.165) is 148 Å². The van der Waals surface area contributed by atoms with Gasteiger partial charge in [-0.25, -0.2) is 0 Å². The van der Waals surface area contributed by atoms with Gasteiger partial charge in [0.05, 0.1) is 0 Å². The molecule has 0 saturated heterocycles. The summed E-state index contributed by atoms with van der Waals surface area (Å²) in [6, 6.07) is 0. The molecule has 0 aliphatic rings. The molecule has 454 valence electrons. The van der Waals surface area contributed by atoms with Crippen molar-refractivity contribution in [3.63, 3.8) is 0 Å². The Morgan fingerprint density at radius 2 is 0.506 bits per heavy atom. The van der Waals surface area contributed by atoms with Gasteiger partial charge in [0.15, 0.2) is 6.10 Å². The summed E-state index contributed by atoms with van der Waals surface area (Å²) in [6.07, 6.45) is 99.4. The third-order valence-corrected chi connectivity index (χ3v) is 13.2. The monoisotopic (exact) mass is 1110 g/mol. The van der Waals surface area contributed by atoms with Crippen LogP contribution in [0.15, 0.2) is 170 Å². The minimum absolute atomic E-state index is 0.119. The molecule has 0 aromatic carbocycles. The molecule has 6 nitrogen and oxygen atoms in total. The first-order valence-corrected chi connectivity index (χ1v) is 32.6. The molecule has 0 aromatic rings. The first-order chi connectivity index (χ1) is 40.0. The quantitative estimate of drug-likeness (QED) is 0.0261. The van der Waals surface area contributed by atoms with Crippen molar-refractivity contribution in [2.75, 3.05) is 13.2 Å². The molecule has 0 rings (SSSR count). The van der Waals surface area contributed by atoms with E-state index >= 15 is 0 Å². The second-order valence-electron chi connectivity index (χ2n) is 20.9. The highest BCUT2D eigenvalue weighted by molar-refractivity contribution is 5.71. The molecule has 6 heteroatoms. The fourth-order valence-corrected chi connectivity index (χ4v) is 8.38. The lowest BCUT2D eigenvalue weighted by molar-refractivity contribution is -0.166. The largest absolute Gasteiger partial charge is 0.462 e. The number of ether oxygens (including phenoxy) is 3. The second kappa shape index (κ2) is 67.3. The van der Waals surface area contributed by atoms with Gasteiger partial charge in [0.2, 0.25) is 0 Å². The number of rotatable bonds is 57. The number of carbonyl (C=O) groups is 3. The van der Waals surface area contributed by atoms with Gasteiger partial charge >= 0.3 is 17.9 Å². The molecule has 0 heterocycles. The van der Waals surface area contributed by atoms with Crippen molar-refractivity contribution in [3.05, 3.63) is 170 Å². The maximum absolute atomic E-state index is 12.9. The maximum atomic E-state index is 12.9. The first kappa shape index (κ1) is 75.8. The highest BCUT2D eigenvalue weighted by Gasteiger charge is 2.19. The molecule has 0 aliphatic carbocycles. The fraction of sp³-hybridized carbons (Fsp3) is 0.587. The van der Waals surface area contributed by atoms with E-state index in [4.69, 9.17) is 14.2 Å². The molecule has 0 aliphatic heterocycles. The molecule has 0 N–H and O–H groups in total. The molecule has 0 bridgehead atoms. The summed E-state index contributed by atoms with van der Waals surface area (Å²) in [4.78, 5) is 38.3. The molecule has 1 unspecified atom stereocenters. The van der Waals surface area contributed by atoms with E-state index < -0.39 is 6.10 Å². The van der Waals surface area contributed by atoms with Gasteiger partial charge in [0.25, 0.3) is 0 Å². The Kier molecular flexibility index (Phi) is 62.9. The maximum Gasteiger partial charge on any atom is 0.306 e. The van der Waals surface area contributed by atoms with Gasteiger partial charge in [-0.05, 0) is 141 Å². The van der Waals surface area contributed by atoms with E-state index in [1.807, 2.05) is 12.2 Å². The number of hydrogen-bond donors (Lipinski definition) is 0. The van der Waals surface area contributed by atoms with Crippen molar-refractivity contribution in [1.29, 1.82) is 0 Å². The van der Waals surface area contributed by atoms with E-state index in [1.54, 1.807) is 0 Å². The summed E-state index contributed by atoms with van der Waals surface area (Å²) < 4.78 is 16.8. The number of carbonyl (C=O) groups excluding carboxylic acids is 3. The van der Waals surface area contributed by atoms with Crippen LogP contribution >= 0.6 is 0 Å². The second-order valence-corrected chi connectivity index (χ2v) is 20.9. The van der Waals surface area contributed by atoms with Crippen LogP contribution in [0.3, 0.4) is 0 Å². The van der Waals surface area contributed by atoms with Crippen molar-refractivity contribution < 1.29 is 28.6 Å². The molecular weight excluding hydrogens is 997 g/mol. The molecule has 0 saturated carbocycles. The summed E-state index contributed by atoms with van der Waals surface area (Å²) in [7, 11) is 0. The molecule has 1 atom stereocenters. The third-order valence-electron chi connectivity index (χ3n) is 13.2. The molecule has 0 radical (unpaired) electrons. The van der Waals surface area contributed by atoms with Gasteiger partial charge in [-0.1, -0.05) is 274 Å². The zero-order chi connectivity index (χ0) is 58.5. The number of esters is 3. The van der Waals surface area contributed by atoms with Crippen LogP contribution in [0, 0.1) is 0 Å². The van der Waals surface area contributed by atoms with Gasteiger partial charge in [-0.2, -0.15) is 0 Å². The van der Waals surface area contributed by atoms with Crippen LogP contribution in [0.25, 0.3) is 0 Å². The fourth-order valence-electron chi connectivity index (χ4n) is 8.38. The predicted octanol–water partition coefficient (Wildman–Crippen LogP) is 22.7. The summed E-state index contributed by atoms with van der Waals surface area (Å²) in [6.45, 7) is 6.31. The van der Waals surface area contributed by atoms with Crippen LogP contribution in [0.5, 0.6) is 0 Å². The Labute approximate surface area is 498 Å². The molecule has 0 aromatic heterocycles. The molecule has 0 amide bonds. The minimum Gasteiger partial charge on any atom is -0.462 e. The Bertz CT molecular complexity index is 1860. The van der Waals surface area contributed by atoms with E-state index in [1.165, 1.54) is 70.6 Å². The number of unbranched alkanes of at least 4 members (excludes halogenated alkanes) is 18. The van der Waals surface area contributed by atoms with Crippen LogP contribution in [0.2, 0.25) is 0 Å². The molecular formula is C75H118O6. The highest BCUT2D eigenvalue weighted by Crippen LogP contribution is 2.14. The van der Waals surface area contributed by atoms with E-state index in [9.17, 15) is 14.4 Å². The topological polar surface area (TPSA) is 78.9 Å². The average Bonchev–Trinajstić information content (AvgIpc) is 3.46.